The van der Waals surface area contributed by atoms with E-state index < -0.39 is 5.82 Å². The second-order valence-corrected chi connectivity index (χ2v) is 4.21. The molecule has 1 aliphatic heterocycles. The molecule has 1 fully saturated rings. The standard InChI is InChI=1S/C11H13ClFNO/c1-7-6-15-11(5-14-7)8-2-3-9(12)10(13)4-8/h2-4,7,11,14H,5-6H2,1H3. The predicted molar refractivity (Wildman–Crippen MR) is 57.6 cm³/mol. The van der Waals surface area contributed by atoms with Crippen molar-refractivity contribution in [2.45, 2.75) is 19.1 Å². The van der Waals surface area contributed by atoms with E-state index in [0.717, 1.165) is 5.56 Å². The topological polar surface area (TPSA) is 21.3 Å². The van der Waals surface area contributed by atoms with E-state index in [-0.39, 0.29) is 11.1 Å². The molecular weight excluding hydrogens is 217 g/mol. The highest BCUT2D eigenvalue weighted by Crippen LogP contribution is 2.24. The van der Waals surface area contributed by atoms with E-state index in [9.17, 15) is 4.39 Å². The Kier molecular flexibility index (Phi) is 3.24. The van der Waals surface area contributed by atoms with Crippen LogP contribution in [0.3, 0.4) is 0 Å². The summed E-state index contributed by atoms with van der Waals surface area (Å²) in [5.41, 5.74) is 0.830. The summed E-state index contributed by atoms with van der Waals surface area (Å²) in [6.45, 7) is 3.41. The summed E-state index contributed by atoms with van der Waals surface area (Å²) in [7, 11) is 0. The molecule has 0 radical (unpaired) electrons. The fourth-order valence-corrected chi connectivity index (χ4v) is 1.73. The molecule has 0 spiro atoms. The lowest BCUT2D eigenvalue weighted by atomic mass is 10.1. The molecule has 0 aliphatic carbocycles. The molecule has 1 aromatic rings. The molecule has 1 saturated heterocycles. The SMILES string of the molecule is CC1COC(c2ccc(Cl)c(F)c2)CN1. The van der Waals surface area contributed by atoms with Crippen LogP contribution in [-0.4, -0.2) is 19.2 Å². The fraction of sp³-hybridized carbons (Fsp3) is 0.455. The van der Waals surface area contributed by atoms with Crippen LogP contribution in [-0.2, 0) is 4.74 Å². The number of rotatable bonds is 1. The largest absolute Gasteiger partial charge is 0.371 e. The molecule has 4 heteroatoms. The minimum absolute atomic E-state index is 0.0760. The van der Waals surface area contributed by atoms with Gasteiger partial charge in [0, 0.05) is 12.6 Å². The number of hydrogen-bond acceptors (Lipinski definition) is 2. The first-order valence-corrected chi connectivity index (χ1v) is 5.34. The zero-order valence-electron chi connectivity index (χ0n) is 8.47. The molecule has 15 heavy (non-hydrogen) atoms. The minimum Gasteiger partial charge on any atom is -0.371 e. The third kappa shape index (κ3) is 2.48. The van der Waals surface area contributed by atoms with E-state index >= 15 is 0 Å². The summed E-state index contributed by atoms with van der Waals surface area (Å²) < 4.78 is 18.8. The molecule has 2 atom stereocenters. The van der Waals surface area contributed by atoms with Crippen LogP contribution in [0.15, 0.2) is 18.2 Å². The lowest BCUT2D eigenvalue weighted by molar-refractivity contribution is 0.00680. The average molecular weight is 230 g/mol. The minimum atomic E-state index is -0.392. The molecule has 0 saturated carbocycles. The van der Waals surface area contributed by atoms with E-state index in [1.54, 1.807) is 12.1 Å². The Morgan fingerprint density at radius 1 is 1.53 bits per heavy atom. The van der Waals surface area contributed by atoms with E-state index in [2.05, 4.69) is 12.2 Å². The summed E-state index contributed by atoms with van der Waals surface area (Å²) in [5.74, 6) is -0.392. The summed E-state index contributed by atoms with van der Waals surface area (Å²) in [6, 6.07) is 5.16. The first-order chi connectivity index (χ1) is 7.16. The summed E-state index contributed by atoms with van der Waals surface area (Å²) in [6.07, 6.45) is -0.0760. The van der Waals surface area contributed by atoms with Gasteiger partial charge in [-0.3, -0.25) is 0 Å². The highest BCUT2D eigenvalue weighted by Gasteiger charge is 2.20. The lowest BCUT2D eigenvalue weighted by Gasteiger charge is -2.28. The Morgan fingerprint density at radius 3 is 2.93 bits per heavy atom. The second-order valence-electron chi connectivity index (χ2n) is 3.80. The van der Waals surface area contributed by atoms with Crippen LogP contribution in [0.2, 0.25) is 5.02 Å². The van der Waals surface area contributed by atoms with Crippen molar-refractivity contribution in [2.24, 2.45) is 0 Å². The smallest absolute Gasteiger partial charge is 0.142 e. The molecule has 1 aliphatic rings. The average Bonchev–Trinajstić information content (AvgIpc) is 2.23. The maximum absolute atomic E-state index is 13.2. The van der Waals surface area contributed by atoms with Gasteiger partial charge in [-0.05, 0) is 24.6 Å². The maximum atomic E-state index is 13.2. The van der Waals surface area contributed by atoms with Crippen LogP contribution in [0.25, 0.3) is 0 Å². The summed E-state index contributed by atoms with van der Waals surface area (Å²) in [4.78, 5) is 0. The Bertz CT molecular complexity index is 350. The van der Waals surface area contributed by atoms with Gasteiger partial charge in [0.2, 0.25) is 0 Å². The molecular formula is C11H13ClFNO. The Morgan fingerprint density at radius 2 is 2.33 bits per heavy atom. The molecule has 0 amide bonds. The zero-order chi connectivity index (χ0) is 10.8. The molecule has 1 heterocycles. The molecule has 2 nitrogen and oxygen atoms in total. The van der Waals surface area contributed by atoms with Crippen molar-refractivity contribution in [1.29, 1.82) is 0 Å². The lowest BCUT2D eigenvalue weighted by Crippen LogP contribution is -2.40. The monoisotopic (exact) mass is 229 g/mol. The van der Waals surface area contributed by atoms with E-state index in [0.29, 0.717) is 19.2 Å². The second kappa shape index (κ2) is 4.47. The highest BCUT2D eigenvalue weighted by atomic mass is 35.5. The van der Waals surface area contributed by atoms with Gasteiger partial charge in [-0.1, -0.05) is 17.7 Å². The quantitative estimate of drug-likeness (QED) is 0.799. The number of nitrogens with one attached hydrogen (secondary N) is 1. The van der Waals surface area contributed by atoms with Gasteiger partial charge < -0.3 is 10.1 Å². The molecule has 2 unspecified atom stereocenters. The van der Waals surface area contributed by atoms with Crippen LogP contribution < -0.4 is 5.32 Å². The zero-order valence-corrected chi connectivity index (χ0v) is 9.22. The van der Waals surface area contributed by atoms with Gasteiger partial charge in [0.05, 0.1) is 17.7 Å². The summed E-state index contributed by atoms with van der Waals surface area (Å²) >= 11 is 5.61. The fourth-order valence-electron chi connectivity index (χ4n) is 1.61. The first kappa shape index (κ1) is 10.9. The molecule has 1 N–H and O–H groups in total. The third-order valence-corrected chi connectivity index (χ3v) is 2.82. The Balaban J connectivity index is 2.12. The Labute approximate surface area is 93.4 Å². The van der Waals surface area contributed by atoms with E-state index in [1.807, 2.05) is 0 Å². The van der Waals surface area contributed by atoms with Crippen molar-refractivity contribution < 1.29 is 9.13 Å². The van der Waals surface area contributed by atoms with Gasteiger partial charge in [-0.15, -0.1) is 0 Å². The van der Waals surface area contributed by atoms with Gasteiger partial charge in [-0.25, -0.2) is 4.39 Å². The normalized spacial score (nSPS) is 26.6. The van der Waals surface area contributed by atoms with Crippen molar-refractivity contribution in [3.8, 4) is 0 Å². The van der Waals surface area contributed by atoms with Gasteiger partial charge in [0.25, 0.3) is 0 Å². The highest BCUT2D eigenvalue weighted by molar-refractivity contribution is 6.30. The number of halogens is 2. The molecule has 0 aromatic heterocycles. The van der Waals surface area contributed by atoms with Crippen LogP contribution in [0.4, 0.5) is 4.39 Å². The number of hydrogen-bond donors (Lipinski definition) is 1. The first-order valence-electron chi connectivity index (χ1n) is 4.97. The molecule has 1 aromatic carbocycles. The van der Waals surface area contributed by atoms with E-state index in [4.69, 9.17) is 16.3 Å². The Hall–Kier alpha value is -0.640. The number of morpholine rings is 1. The molecule has 82 valence electrons. The summed E-state index contributed by atoms with van der Waals surface area (Å²) in [5, 5.41) is 3.43. The molecule has 2 rings (SSSR count). The van der Waals surface area contributed by atoms with Crippen LogP contribution in [0.1, 0.15) is 18.6 Å². The van der Waals surface area contributed by atoms with Gasteiger partial charge >= 0.3 is 0 Å². The van der Waals surface area contributed by atoms with Crippen molar-refractivity contribution in [2.75, 3.05) is 13.2 Å². The van der Waals surface area contributed by atoms with Crippen molar-refractivity contribution in [1.82, 2.24) is 5.32 Å². The van der Waals surface area contributed by atoms with Crippen molar-refractivity contribution in [3.05, 3.63) is 34.6 Å². The van der Waals surface area contributed by atoms with Crippen LogP contribution in [0, 0.1) is 5.82 Å². The maximum Gasteiger partial charge on any atom is 0.142 e. The molecule has 0 bridgehead atoms. The van der Waals surface area contributed by atoms with Crippen molar-refractivity contribution in [3.63, 3.8) is 0 Å². The third-order valence-electron chi connectivity index (χ3n) is 2.51. The number of benzene rings is 1. The van der Waals surface area contributed by atoms with Gasteiger partial charge in [-0.2, -0.15) is 0 Å². The van der Waals surface area contributed by atoms with Crippen LogP contribution in [0.5, 0.6) is 0 Å². The van der Waals surface area contributed by atoms with Crippen LogP contribution >= 0.6 is 11.6 Å². The van der Waals surface area contributed by atoms with Crippen molar-refractivity contribution >= 4 is 11.6 Å². The van der Waals surface area contributed by atoms with Gasteiger partial charge in [0.1, 0.15) is 5.82 Å². The van der Waals surface area contributed by atoms with Gasteiger partial charge in [0.15, 0.2) is 0 Å². The predicted octanol–water partition coefficient (Wildman–Crippen LogP) is 2.53. The van der Waals surface area contributed by atoms with E-state index in [1.165, 1.54) is 6.07 Å². The number of ether oxygens (including phenoxy) is 1.